The predicted octanol–water partition coefficient (Wildman–Crippen LogP) is 3.34. The molecular weight excluding hydrogens is 364 g/mol. The lowest BCUT2D eigenvalue weighted by molar-refractivity contribution is 0.412. The zero-order chi connectivity index (χ0) is 13.1. The van der Waals surface area contributed by atoms with Gasteiger partial charge in [-0.05, 0) is 50.1 Å². The smallest absolute Gasteiger partial charge is 0.153 e. The van der Waals surface area contributed by atoms with Crippen LogP contribution in [-0.2, 0) is 0 Å². The van der Waals surface area contributed by atoms with Crippen molar-refractivity contribution in [3.63, 3.8) is 0 Å². The summed E-state index contributed by atoms with van der Waals surface area (Å²) in [5, 5.41) is 10.8. The van der Waals surface area contributed by atoms with E-state index in [1.54, 1.807) is 19.2 Å². The van der Waals surface area contributed by atoms with Crippen LogP contribution in [0.25, 0.3) is 0 Å². The number of methoxy groups -OCH3 is 1. The second kappa shape index (κ2) is 5.53. The molecule has 1 heterocycles. The van der Waals surface area contributed by atoms with Gasteiger partial charge in [0.1, 0.15) is 11.6 Å². The van der Waals surface area contributed by atoms with Crippen molar-refractivity contribution in [1.82, 2.24) is 10.2 Å². The molecule has 94 valence electrons. The summed E-state index contributed by atoms with van der Waals surface area (Å²) in [4.78, 5) is 0. The average Bonchev–Trinajstić information content (AvgIpc) is 2.35. The number of nitrogen functional groups attached to an aromatic ring is 1. The van der Waals surface area contributed by atoms with Crippen LogP contribution in [0.4, 0.5) is 17.3 Å². The predicted molar refractivity (Wildman–Crippen MR) is 78.1 cm³/mol. The van der Waals surface area contributed by atoms with E-state index < -0.39 is 0 Å². The Morgan fingerprint density at radius 1 is 1.17 bits per heavy atom. The van der Waals surface area contributed by atoms with E-state index in [9.17, 15) is 0 Å². The second-order valence-corrected chi connectivity index (χ2v) is 5.14. The number of anilines is 3. The molecule has 0 saturated heterocycles. The summed E-state index contributed by atoms with van der Waals surface area (Å²) in [5.74, 6) is 1.71. The van der Waals surface area contributed by atoms with Gasteiger partial charge in [0.2, 0.25) is 0 Å². The average molecular weight is 374 g/mol. The van der Waals surface area contributed by atoms with Crippen molar-refractivity contribution < 1.29 is 4.74 Å². The fourth-order valence-corrected chi connectivity index (χ4v) is 2.58. The van der Waals surface area contributed by atoms with Gasteiger partial charge in [0.25, 0.3) is 0 Å². The van der Waals surface area contributed by atoms with Crippen LogP contribution in [-0.4, -0.2) is 17.3 Å². The van der Waals surface area contributed by atoms with Gasteiger partial charge < -0.3 is 15.8 Å². The van der Waals surface area contributed by atoms with E-state index in [0.717, 1.165) is 20.4 Å². The third-order valence-electron chi connectivity index (χ3n) is 2.19. The molecule has 0 amide bonds. The summed E-state index contributed by atoms with van der Waals surface area (Å²) in [5.41, 5.74) is 6.31. The number of ether oxygens (including phenoxy) is 1. The van der Waals surface area contributed by atoms with Crippen LogP contribution in [0.1, 0.15) is 0 Å². The highest BCUT2D eigenvalue weighted by molar-refractivity contribution is 9.11. The number of hydrogen-bond acceptors (Lipinski definition) is 5. The maximum Gasteiger partial charge on any atom is 0.153 e. The quantitative estimate of drug-likeness (QED) is 0.863. The van der Waals surface area contributed by atoms with E-state index in [1.807, 2.05) is 12.1 Å². The van der Waals surface area contributed by atoms with Crippen molar-refractivity contribution in [2.75, 3.05) is 18.2 Å². The Bertz CT molecular complexity index is 560. The highest BCUT2D eigenvalue weighted by atomic mass is 79.9. The summed E-state index contributed by atoms with van der Waals surface area (Å²) in [6.45, 7) is 0. The van der Waals surface area contributed by atoms with Crippen LogP contribution in [0.5, 0.6) is 5.75 Å². The molecule has 2 rings (SSSR count). The Balaban J connectivity index is 2.31. The van der Waals surface area contributed by atoms with Crippen LogP contribution in [0, 0.1) is 0 Å². The van der Waals surface area contributed by atoms with Gasteiger partial charge in [-0.3, -0.25) is 0 Å². The standard InChI is InChI=1S/C11H10Br2N4O/c1-18-9-5-8(6(12)4-7(9)13)15-11-3-2-10(14)16-17-11/h2-5H,1H3,(H2,14,16)(H,15,17). The van der Waals surface area contributed by atoms with Gasteiger partial charge in [-0.15, -0.1) is 10.2 Å². The lowest BCUT2D eigenvalue weighted by Crippen LogP contribution is -1.99. The molecule has 0 bridgehead atoms. The van der Waals surface area contributed by atoms with Crippen molar-refractivity contribution >= 4 is 49.2 Å². The second-order valence-electron chi connectivity index (χ2n) is 3.44. The number of nitrogens with two attached hydrogens (primary N) is 1. The van der Waals surface area contributed by atoms with Crippen molar-refractivity contribution in [2.45, 2.75) is 0 Å². The molecule has 0 unspecified atom stereocenters. The molecule has 0 aliphatic carbocycles. The lowest BCUT2D eigenvalue weighted by atomic mass is 10.3. The highest BCUT2D eigenvalue weighted by Gasteiger charge is 2.08. The van der Waals surface area contributed by atoms with Gasteiger partial charge in [-0.1, -0.05) is 0 Å². The monoisotopic (exact) mass is 372 g/mol. The SMILES string of the molecule is COc1cc(Nc2ccc(N)nn2)c(Br)cc1Br. The van der Waals surface area contributed by atoms with E-state index in [2.05, 4.69) is 47.4 Å². The summed E-state index contributed by atoms with van der Waals surface area (Å²) < 4.78 is 6.98. The van der Waals surface area contributed by atoms with E-state index in [1.165, 1.54) is 0 Å². The van der Waals surface area contributed by atoms with E-state index in [4.69, 9.17) is 10.5 Å². The summed E-state index contributed by atoms with van der Waals surface area (Å²) in [7, 11) is 1.61. The summed E-state index contributed by atoms with van der Waals surface area (Å²) in [6.07, 6.45) is 0. The van der Waals surface area contributed by atoms with Gasteiger partial charge in [-0.25, -0.2) is 0 Å². The van der Waals surface area contributed by atoms with Gasteiger partial charge in [-0.2, -0.15) is 0 Å². The highest BCUT2D eigenvalue weighted by Crippen LogP contribution is 2.35. The third-order valence-corrected chi connectivity index (χ3v) is 3.47. The molecule has 5 nitrogen and oxygen atoms in total. The van der Waals surface area contributed by atoms with Gasteiger partial charge in [0.15, 0.2) is 5.82 Å². The van der Waals surface area contributed by atoms with Crippen molar-refractivity contribution in [3.05, 3.63) is 33.2 Å². The van der Waals surface area contributed by atoms with Crippen LogP contribution >= 0.6 is 31.9 Å². The molecule has 0 aliphatic heterocycles. The zero-order valence-corrected chi connectivity index (χ0v) is 12.6. The Kier molecular flexibility index (Phi) is 4.03. The number of nitrogens with one attached hydrogen (secondary N) is 1. The topological polar surface area (TPSA) is 73.1 Å². The Hall–Kier alpha value is -1.34. The van der Waals surface area contributed by atoms with Crippen LogP contribution in [0.15, 0.2) is 33.2 Å². The van der Waals surface area contributed by atoms with E-state index >= 15 is 0 Å². The first-order valence-corrected chi connectivity index (χ1v) is 6.58. The molecule has 0 atom stereocenters. The summed E-state index contributed by atoms with van der Waals surface area (Å²) >= 11 is 6.87. The molecular formula is C11H10Br2N4O. The minimum atomic E-state index is 0.382. The number of aromatic nitrogens is 2. The Morgan fingerprint density at radius 2 is 1.94 bits per heavy atom. The van der Waals surface area contributed by atoms with Gasteiger partial charge in [0.05, 0.1) is 17.3 Å². The third kappa shape index (κ3) is 2.91. The molecule has 0 saturated carbocycles. The molecule has 2 aromatic rings. The fraction of sp³-hybridized carbons (Fsp3) is 0.0909. The maximum atomic E-state index is 5.48. The molecule has 0 fully saturated rings. The molecule has 18 heavy (non-hydrogen) atoms. The van der Waals surface area contributed by atoms with Crippen molar-refractivity contribution in [2.24, 2.45) is 0 Å². The lowest BCUT2D eigenvalue weighted by Gasteiger charge is -2.11. The largest absolute Gasteiger partial charge is 0.495 e. The number of benzene rings is 1. The number of hydrogen-bond donors (Lipinski definition) is 2. The minimum Gasteiger partial charge on any atom is -0.495 e. The van der Waals surface area contributed by atoms with E-state index in [0.29, 0.717) is 11.6 Å². The number of nitrogens with zero attached hydrogens (tertiary/aromatic N) is 2. The number of halogens is 2. The molecule has 0 aliphatic rings. The van der Waals surface area contributed by atoms with E-state index in [-0.39, 0.29) is 0 Å². The molecule has 0 spiro atoms. The molecule has 1 aromatic heterocycles. The van der Waals surface area contributed by atoms with Gasteiger partial charge >= 0.3 is 0 Å². The first-order chi connectivity index (χ1) is 8.60. The Morgan fingerprint density at radius 3 is 2.56 bits per heavy atom. The molecule has 7 heteroatoms. The van der Waals surface area contributed by atoms with Crippen LogP contribution < -0.4 is 15.8 Å². The molecule has 3 N–H and O–H groups in total. The van der Waals surface area contributed by atoms with Crippen LogP contribution in [0.2, 0.25) is 0 Å². The van der Waals surface area contributed by atoms with Crippen LogP contribution in [0.3, 0.4) is 0 Å². The van der Waals surface area contributed by atoms with Crippen molar-refractivity contribution in [3.8, 4) is 5.75 Å². The number of rotatable bonds is 3. The molecule has 0 radical (unpaired) electrons. The minimum absolute atomic E-state index is 0.382. The normalized spacial score (nSPS) is 10.2. The van der Waals surface area contributed by atoms with Crippen molar-refractivity contribution in [1.29, 1.82) is 0 Å². The molecule has 1 aromatic carbocycles. The summed E-state index contributed by atoms with van der Waals surface area (Å²) in [6, 6.07) is 7.18. The maximum absolute atomic E-state index is 5.48. The zero-order valence-electron chi connectivity index (χ0n) is 9.45. The van der Waals surface area contributed by atoms with Gasteiger partial charge in [0, 0.05) is 10.5 Å². The Labute approximate surface area is 121 Å². The first kappa shape index (κ1) is 13.1. The fourth-order valence-electron chi connectivity index (χ4n) is 1.33. The first-order valence-electron chi connectivity index (χ1n) is 4.99.